The van der Waals surface area contributed by atoms with Crippen molar-refractivity contribution in [2.45, 2.75) is 65.2 Å². The van der Waals surface area contributed by atoms with Crippen LogP contribution in [0.1, 0.15) is 47.0 Å². The lowest BCUT2D eigenvalue weighted by Crippen LogP contribution is -2.58. The molecule has 0 amide bonds. The lowest BCUT2D eigenvalue weighted by atomic mass is 9.75. The lowest BCUT2D eigenvalue weighted by Gasteiger charge is -2.46. The zero-order valence-corrected chi connectivity index (χ0v) is 13.1. The summed E-state index contributed by atoms with van der Waals surface area (Å²) in [5.41, 5.74) is 0. The smallest absolute Gasteiger partial charge is 0.313 e. The Kier molecular flexibility index (Phi) is 6.79. The highest BCUT2D eigenvalue weighted by molar-refractivity contribution is 4.94. The summed E-state index contributed by atoms with van der Waals surface area (Å²) in [4.78, 5) is 1.66. The molecule has 1 N–H and O–H groups in total. The third kappa shape index (κ3) is 5.24. The maximum atomic E-state index is 12.8. The molecule has 0 saturated heterocycles. The largest absolute Gasteiger partial charge is 0.401 e. The van der Waals surface area contributed by atoms with E-state index in [-0.39, 0.29) is 12.1 Å². The average Bonchev–Trinajstić information content (AvgIpc) is 2.26. The second-order valence-electron chi connectivity index (χ2n) is 6.29. The van der Waals surface area contributed by atoms with Crippen molar-refractivity contribution in [3.05, 3.63) is 0 Å². The third-order valence-electron chi connectivity index (χ3n) is 4.21. The minimum absolute atomic E-state index is 0.00674. The molecular formula is C15H29F3N2. The van der Waals surface area contributed by atoms with Gasteiger partial charge in [-0.05, 0) is 44.2 Å². The van der Waals surface area contributed by atoms with Gasteiger partial charge < -0.3 is 5.32 Å². The van der Waals surface area contributed by atoms with Crippen LogP contribution in [0.2, 0.25) is 0 Å². The monoisotopic (exact) mass is 294 g/mol. The van der Waals surface area contributed by atoms with Crippen molar-refractivity contribution in [1.82, 2.24) is 10.2 Å². The van der Waals surface area contributed by atoms with Crippen LogP contribution in [0.15, 0.2) is 0 Å². The number of alkyl halides is 3. The molecule has 1 fully saturated rings. The van der Waals surface area contributed by atoms with E-state index in [1.54, 1.807) is 4.90 Å². The molecule has 0 spiro atoms. The zero-order valence-electron chi connectivity index (χ0n) is 13.1. The van der Waals surface area contributed by atoms with Gasteiger partial charge in [-0.25, -0.2) is 0 Å². The summed E-state index contributed by atoms with van der Waals surface area (Å²) < 4.78 is 38.5. The normalized spacial score (nSPS) is 31.8. The molecule has 1 aliphatic rings. The lowest BCUT2D eigenvalue weighted by molar-refractivity contribution is -0.156. The summed E-state index contributed by atoms with van der Waals surface area (Å²) in [7, 11) is 0. The number of rotatable bonds is 6. The van der Waals surface area contributed by atoms with E-state index in [1.165, 1.54) is 0 Å². The summed E-state index contributed by atoms with van der Waals surface area (Å²) in [6.07, 6.45) is -1.37. The van der Waals surface area contributed by atoms with Crippen LogP contribution >= 0.6 is 0 Å². The topological polar surface area (TPSA) is 15.3 Å². The molecule has 0 aromatic rings. The number of hydrogen-bond acceptors (Lipinski definition) is 2. The second kappa shape index (κ2) is 7.64. The van der Waals surface area contributed by atoms with Gasteiger partial charge in [-0.2, -0.15) is 13.2 Å². The number of nitrogens with one attached hydrogen (secondary N) is 1. The van der Waals surface area contributed by atoms with Crippen molar-refractivity contribution >= 4 is 0 Å². The molecule has 5 heteroatoms. The Morgan fingerprint density at radius 1 is 1.15 bits per heavy atom. The fraction of sp³-hybridized carbons (Fsp3) is 1.00. The zero-order chi connectivity index (χ0) is 15.3. The van der Waals surface area contributed by atoms with Gasteiger partial charge in [0.15, 0.2) is 0 Å². The van der Waals surface area contributed by atoms with E-state index in [0.29, 0.717) is 18.4 Å². The first kappa shape index (κ1) is 17.8. The first-order valence-corrected chi connectivity index (χ1v) is 7.82. The van der Waals surface area contributed by atoms with Crippen molar-refractivity contribution in [2.24, 2.45) is 11.8 Å². The molecule has 0 aromatic heterocycles. The molecular weight excluding hydrogens is 265 g/mol. The van der Waals surface area contributed by atoms with Gasteiger partial charge in [0.2, 0.25) is 0 Å². The molecule has 1 saturated carbocycles. The molecule has 1 aliphatic carbocycles. The molecule has 20 heavy (non-hydrogen) atoms. The highest BCUT2D eigenvalue weighted by Crippen LogP contribution is 2.34. The quantitative estimate of drug-likeness (QED) is 0.804. The Morgan fingerprint density at radius 2 is 1.80 bits per heavy atom. The van der Waals surface area contributed by atoms with Crippen LogP contribution in [0.3, 0.4) is 0 Å². The van der Waals surface area contributed by atoms with Crippen molar-refractivity contribution in [2.75, 3.05) is 19.6 Å². The van der Waals surface area contributed by atoms with E-state index in [0.717, 1.165) is 25.8 Å². The third-order valence-corrected chi connectivity index (χ3v) is 4.21. The van der Waals surface area contributed by atoms with E-state index in [9.17, 15) is 13.2 Å². The SMILES string of the molecule is CCCN(CC(F)(F)F)C1C(C)CC(C)CC1NCC. The molecule has 0 aliphatic heterocycles. The molecule has 2 nitrogen and oxygen atoms in total. The molecule has 0 aromatic carbocycles. The minimum atomic E-state index is -4.12. The first-order chi connectivity index (χ1) is 9.28. The molecule has 0 heterocycles. The van der Waals surface area contributed by atoms with Crippen LogP contribution in [0, 0.1) is 11.8 Å². The van der Waals surface area contributed by atoms with Crippen molar-refractivity contribution in [3.63, 3.8) is 0 Å². The van der Waals surface area contributed by atoms with Gasteiger partial charge in [0.1, 0.15) is 0 Å². The Balaban J connectivity index is 2.87. The summed E-state index contributed by atoms with van der Waals surface area (Å²) in [6.45, 7) is 8.81. The highest BCUT2D eigenvalue weighted by Gasteiger charge is 2.41. The van der Waals surface area contributed by atoms with Crippen LogP contribution in [0.4, 0.5) is 13.2 Å². The summed E-state index contributed by atoms with van der Waals surface area (Å²) in [5, 5.41) is 3.41. The standard InChI is InChI=1S/C15H29F3N2/c1-5-7-20(10-15(16,17)18)14-12(4)8-11(3)9-13(14)19-6-2/h11-14,19H,5-10H2,1-4H3. The van der Waals surface area contributed by atoms with E-state index < -0.39 is 12.7 Å². The molecule has 4 atom stereocenters. The molecule has 1 rings (SSSR count). The minimum Gasteiger partial charge on any atom is -0.313 e. The Morgan fingerprint density at radius 3 is 2.30 bits per heavy atom. The van der Waals surface area contributed by atoms with Crippen LogP contribution in [-0.4, -0.2) is 42.8 Å². The molecule has 4 unspecified atom stereocenters. The van der Waals surface area contributed by atoms with Crippen molar-refractivity contribution < 1.29 is 13.2 Å². The highest BCUT2D eigenvalue weighted by atomic mass is 19.4. The van der Waals surface area contributed by atoms with Gasteiger partial charge in [0.05, 0.1) is 6.54 Å². The average molecular weight is 294 g/mol. The Labute approximate surface area is 121 Å². The van der Waals surface area contributed by atoms with Crippen LogP contribution in [0.25, 0.3) is 0 Å². The molecule has 0 radical (unpaired) electrons. The molecule has 120 valence electrons. The van der Waals surface area contributed by atoms with Gasteiger partial charge in [-0.1, -0.05) is 27.7 Å². The number of nitrogens with zero attached hydrogens (tertiary/aromatic N) is 1. The van der Waals surface area contributed by atoms with Gasteiger partial charge in [-0.15, -0.1) is 0 Å². The van der Waals surface area contributed by atoms with E-state index in [4.69, 9.17) is 0 Å². The summed E-state index contributed by atoms with van der Waals surface area (Å²) in [5.74, 6) is 0.886. The predicted molar refractivity (Wildman–Crippen MR) is 76.7 cm³/mol. The van der Waals surface area contributed by atoms with Crippen LogP contribution in [0.5, 0.6) is 0 Å². The first-order valence-electron chi connectivity index (χ1n) is 7.82. The van der Waals surface area contributed by atoms with Crippen molar-refractivity contribution in [1.29, 1.82) is 0 Å². The fourth-order valence-corrected chi connectivity index (χ4v) is 3.77. The van der Waals surface area contributed by atoms with Gasteiger partial charge in [-0.3, -0.25) is 4.90 Å². The van der Waals surface area contributed by atoms with Gasteiger partial charge in [0.25, 0.3) is 0 Å². The summed E-state index contributed by atoms with van der Waals surface area (Å²) >= 11 is 0. The maximum absolute atomic E-state index is 12.8. The van der Waals surface area contributed by atoms with Crippen LogP contribution in [-0.2, 0) is 0 Å². The van der Waals surface area contributed by atoms with Gasteiger partial charge >= 0.3 is 6.18 Å². The van der Waals surface area contributed by atoms with E-state index in [2.05, 4.69) is 19.2 Å². The Hall–Kier alpha value is -0.290. The summed E-state index contributed by atoms with van der Waals surface area (Å²) in [6, 6.07) is 0.167. The Bertz CT molecular complexity index is 281. The van der Waals surface area contributed by atoms with E-state index in [1.807, 2.05) is 13.8 Å². The van der Waals surface area contributed by atoms with Gasteiger partial charge in [0, 0.05) is 12.1 Å². The number of hydrogen-bond donors (Lipinski definition) is 1. The molecule has 0 bridgehead atoms. The number of halogens is 3. The maximum Gasteiger partial charge on any atom is 0.401 e. The number of likely N-dealkylation sites (N-methyl/N-ethyl adjacent to an activating group) is 1. The fourth-order valence-electron chi connectivity index (χ4n) is 3.77. The van der Waals surface area contributed by atoms with E-state index >= 15 is 0 Å². The van der Waals surface area contributed by atoms with Crippen LogP contribution < -0.4 is 5.32 Å². The van der Waals surface area contributed by atoms with Crippen molar-refractivity contribution in [3.8, 4) is 0 Å². The predicted octanol–water partition coefficient (Wildman–Crippen LogP) is 3.67. The second-order valence-corrected chi connectivity index (χ2v) is 6.29.